The molecule has 14 aliphatic rings. The van der Waals surface area contributed by atoms with Crippen LogP contribution in [-0.4, -0.2) is 287 Å². The summed E-state index contributed by atoms with van der Waals surface area (Å²) in [6.07, 6.45) is -3.80. The third-order valence-electron chi connectivity index (χ3n) is 18.2. The van der Waals surface area contributed by atoms with E-state index < -0.39 is 181 Å². The molecule has 0 spiro atoms. The van der Waals surface area contributed by atoms with Gasteiger partial charge in [0.15, 0.2) is 96.1 Å². The van der Waals surface area contributed by atoms with E-state index in [0.29, 0.717) is 0 Å². The van der Waals surface area contributed by atoms with Crippen LogP contribution in [0.5, 0.6) is 0 Å². The first-order chi connectivity index (χ1) is 49.4. The predicted octanol–water partition coefficient (Wildman–Crippen LogP) is 2.38. The molecule has 0 radical (unpaired) electrons. The van der Waals surface area contributed by atoms with Crippen molar-refractivity contribution >= 4 is 62.0 Å². The Morgan fingerprint density at radius 3 is 1.21 bits per heavy atom. The first-order valence-electron chi connectivity index (χ1n) is 34.9. The van der Waals surface area contributed by atoms with Crippen molar-refractivity contribution in [3.63, 3.8) is 0 Å². The number of terminal acetylenes is 2. The topological polar surface area (TPSA) is 417 Å². The highest BCUT2D eigenvalue weighted by Crippen LogP contribution is 2.49. The fourth-order valence-corrected chi connectivity index (χ4v) is 14.9. The van der Waals surface area contributed by atoms with Crippen LogP contribution in [-0.2, 0) is 142 Å². The molecular weight excluding hydrogens is 1560 g/mol. The van der Waals surface area contributed by atoms with Crippen LogP contribution in [0.25, 0.3) is 0 Å². The molecule has 0 aliphatic carbocycles. The average Bonchev–Trinajstić information content (AvgIpc) is 1.62. The lowest BCUT2D eigenvalue weighted by Gasteiger charge is -2.41. The van der Waals surface area contributed by atoms with Crippen LogP contribution in [0.4, 0.5) is 0 Å². The zero-order chi connectivity index (χ0) is 79.6. The van der Waals surface area contributed by atoms with Crippen molar-refractivity contribution in [1.82, 2.24) is 0 Å². The molecule has 14 aliphatic heterocycles. The van der Waals surface area contributed by atoms with Crippen LogP contribution in [0.3, 0.4) is 0 Å². The van der Waals surface area contributed by atoms with Gasteiger partial charge in [0.2, 0.25) is 12.4 Å². The van der Waals surface area contributed by atoms with Gasteiger partial charge in [-0.3, -0.25) is 14.4 Å². The molecule has 14 rings (SSSR count). The van der Waals surface area contributed by atoms with Crippen LogP contribution in [0.1, 0.15) is 138 Å². The fourth-order valence-electron chi connectivity index (χ4n) is 14.3. The first-order valence-corrected chi connectivity index (χ1v) is 36.5. The molecule has 0 amide bonds. The normalized spacial score (nSPS) is 43.4. The van der Waals surface area contributed by atoms with Gasteiger partial charge >= 0.3 is 23.9 Å². The summed E-state index contributed by atoms with van der Waals surface area (Å²) in [6.45, 7) is 34.0. The van der Waals surface area contributed by atoms with Gasteiger partial charge in [0, 0.05) is 26.7 Å². The van der Waals surface area contributed by atoms with Crippen molar-refractivity contribution < 1.29 is 168 Å². The minimum absolute atomic E-state index is 0.131. The Kier molecular flexibility index (Phi) is 27.3. The van der Waals surface area contributed by atoms with Gasteiger partial charge in [-0.1, -0.05) is 18.8 Å². The first kappa shape index (κ1) is 87.3. The Hall–Kier alpha value is -3.67. The van der Waals surface area contributed by atoms with E-state index >= 15 is 0 Å². The number of aldehydes is 1. The lowest BCUT2D eigenvalue weighted by Crippen LogP contribution is -2.57. The number of esters is 4. The van der Waals surface area contributed by atoms with Crippen LogP contribution >= 0.6 is 31.9 Å². The molecule has 0 aromatic heterocycles. The number of cyclic esters (lactones) is 1. The Morgan fingerprint density at radius 2 is 0.822 bits per heavy atom. The second kappa shape index (κ2) is 33.4. The molecule has 107 heavy (non-hydrogen) atoms. The van der Waals surface area contributed by atoms with Gasteiger partial charge in [-0.15, -0.1) is 12.8 Å². The summed E-state index contributed by atoms with van der Waals surface area (Å²) in [5, 5.41) is 44.7. The number of halogens is 2. The second-order valence-corrected chi connectivity index (χ2v) is 33.6. The molecule has 29 atom stereocenters. The highest BCUT2D eigenvalue weighted by Gasteiger charge is 2.65. The van der Waals surface area contributed by atoms with E-state index in [1.807, 2.05) is 103 Å². The molecule has 14 heterocycles. The smallest absolute Gasteiger partial charge is 0.338 e. The van der Waals surface area contributed by atoms with E-state index in [1.165, 1.54) is 20.8 Å². The molecule has 10 unspecified atom stereocenters. The van der Waals surface area contributed by atoms with Gasteiger partial charge in [0.1, 0.15) is 116 Å². The molecule has 37 heteroatoms. The number of rotatable bonds is 8. The van der Waals surface area contributed by atoms with Gasteiger partial charge in [-0.2, -0.15) is 0 Å². The zero-order valence-corrected chi connectivity index (χ0v) is 66.4. The quantitative estimate of drug-likeness (QED) is 0.101. The maximum absolute atomic E-state index is 11.2. The second-order valence-electron chi connectivity index (χ2n) is 30.8. The molecule has 0 saturated carbocycles. The van der Waals surface area contributed by atoms with Crippen LogP contribution < -0.4 is 0 Å². The minimum atomic E-state index is -1.63. The number of fused-ring (bicyclic) bond motifs is 12. The van der Waals surface area contributed by atoms with Crippen molar-refractivity contribution in [2.75, 3.05) is 13.2 Å². The summed E-state index contributed by atoms with van der Waals surface area (Å²) in [4.78, 5) is 55.3. The van der Waals surface area contributed by atoms with Crippen LogP contribution in [0, 0.1) is 30.6 Å². The summed E-state index contributed by atoms with van der Waals surface area (Å²) < 4.78 is 142. The van der Waals surface area contributed by atoms with E-state index in [1.54, 1.807) is 20.8 Å². The lowest BCUT2D eigenvalue weighted by atomic mass is 9.90. The number of carbonyl (C=O) groups is 5. The van der Waals surface area contributed by atoms with Gasteiger partial charge in [0.05, 0.1) is 16.6 Å². The van der Waals surface area contributed by atoms with Gasteiger partial charge in [-0.05, 0) is 149 Å². The monoisotopic (exact) mass is 1660 g/mol. The van der Waals surface area contributed by atoms with Crippen molar-refractivity contribution in [1.29, 1.82) is 0 Å². The van der Waals surface area contributed by atoms with E-state index in [9.17, 15) is 29.1 Å². The SMILES string of the molecule is C#C[C@@H]1OC(OC(C)=O)[C@@H](OC(C)=O)[C@H](OC(C)=O)[C@@H]1C.C#C[C@@H]1OC2OC(C)(C)O[C@H]2C2OC(C)(C)O[C@@H]21.CC1(C)OC2O[C@@H](C=C(Br)Br)[C@H]3OC(C)(C)OC3[C@@H]2O1.CC1(C)OC2O[C@@H](C=O)[C@H]3OC(C)(C)OC3[C@@H]2O1.CC1(C)OC2O[C@@H](CO)[C@H]3OC(C)(C)OC3[C@@H]2O1.O=C1O[C@H](C(O)CO)[C@@H](O)[C@@H]1O. The third kappa shape index (κ3) is 20.8. The summed E-state index contributed by atoms with van der Waals surface area (Å²) in [5.41, 5.74) is 0. The number of aliphatic hydroxyl groups is 5. The van der Waals surface area contributed by atoms with E-state index in [2.05, 4.69) is 48.4 Å². The molecule has 0 bridgehead atoms. The largest absolute Gasteiger partial charge is 0.458 e. The molecule has 0 aromatic rings. The lowest BCUT2D eigenvalue weighted by molar-refractivity contribution is -0.272. The van der Waals surface area contributed by atoms with Gasteiger partial charge in [0.25, 0.3) is 0 Å². The molecule has 14 fully saturated rings. The highest BCUT2D eigenvalue weighted by molar-refractivity contribution is 9.28. The number of ether oxygens (including phenoxy) is 25. The van der Waals surface area contributed by atoms with Crippen molar-refractivity contribution in [3.8, 4) is 24.7 Å². The number of carbonyl (C=O) groups excluding carboxylic acids is 5. The minimum Gasteiger partial charge on any atom is -0.458 e. The van der Waals surface area contributed by atoms with Crippen LogP contribution in [0.15, 0.2) is 9.47 Å². The van der Waals surface area contributed by atoms with Crippen LogP contribution in [0.2, 0.25) is 0 Å². The Morgan fingerprint density at radius 1 is 0.477 bits per heavy atom. The Balaban J connectivity index is 0.000000149. The summed E-state index contributed by atoms with van der Waals surface area (Å²) in [6, 6.07) is 0. The molecule has 14 saturated heterocycles. The summed E-state index contributed by atoms with van der Waals surface area (Å²) in [7, 11) is 0. The van der Waals surface area contributed by atoms with Gasteiger partial charge in [-0.25, -0.2) is 4.79 Å². The number of hydrogen-bond acceptors (Lipinski definition) is 35. The van der Waals surface area contributed by atoms with Crippen molar-refractivity contribution in [2.24, 2.45) is 5.92 Å². The molecular formula is C70H102Br2O35. The van der Waals surface area contributed by atoms with Crippen molar-refractivity contribution in [2.45, 2.75) is 357 Å². The summed E-state index contributed by atoms with van der Waals surface area (Å²) in [5.74, 6) is -3.87. The van der Waals surface area contributed by atoms with E-state index in [4.69, 9.17) is 147 Å². The number of aliphatic hydroxyl groups excluding tert-OH is 5. The molecule has 606 valence electrons. The molecule has 0 aromatic carbocycles. The Bertz CT molecular complexity index is 3250. The summed E-state index contributed by atoms with van der Waals surface area (Å²) >= 11 is 6.72. The van der Waals surface area contributed by atoms with Gasteiger partial charge < -0.3 is 149 Å². The standard InChI is InChI=1S/C14H18O7.C13H18Br2O5.C13H18O5.C12H20O6.C12H18O6.C6H10O6/c1-6-11-7(2)12(18-8(3)15)13(19-9(4)16)14(21-11)20-10(5)17;1-12(2)17-8-6(5-7(14)15)16-11-10(9(8)18-12)19-13(3,4)20-11;1-6-7-8-9(16-12(2,3)15-8)10-11(14-7)18-13(4,5)17-10;2*1-11(2)15-7-6(5-13)14-10-9(8(7)16-11)17-12(3,4)18-10;7-1-2(8)5-3(9)4(10)6(11)12-5/h1,7,11-14H,2-5H3;5-6,8-11H,1-4H3;1,7-11H,2-5H3;6-10,13H,5H2,1-4H3;5-10H,1-4H3;2-5,7-10H,1H2/t7-,11+,12-,13+,14?;6-,8+,9?,10-,11?;7-,8+,9?,10-,11?;2*6-,7+,8?,9-,10?;2?,3-,4-,5+/m100000/s1. The highest BCUT2D eigenvalue weighted by atomic mass is 79.9. The zero-order valence-electron chi connectivity index (χ0n) is 63.2. The molecule has 5 N–H and O–H groups in total. The van der Waals surface area contributed by atoms with E-state index in [0.717, 1.165) is 9.68 Å². The Labute approximate surface area is 637 Å². The molecule has 35 nitrogen and oxygen atoms in total. The third-order valence-corrected chi connectivity index (χ3v) is 18.7. The average molecular weight is 1660 g/mol. The van der Waals surface area contributed by atoms with E-state index in [-0.39, 0.29) is 79.9 Å². The number of hydrogen-bond donors (Lipinski definition) is 5. The fraction of sp³-hybridized carbons (Fsp3) is 0.843. The van der Waals surface area contributed by atoms with Crippen molar-refractivity contribution in [3.05, 3.63) is 9.47 Å². The maximum atomic E-state index is 11.2. The predicted molar refractivity (Wildman–Crippen MR) is 363 cm³/mol. The maximum Gasteiger partial charge on any atom is 0.338 e.